The molecule has 0 aliphatic carbocycles. The molecule has 1 amide bonds. The summed E-state index contributed by atoms with van der Waals surface area (Å²) < 4.78 is 0. The molecule has 1 aromatic rings. The molecule has 1 N–H and O–H groups in total. The Morgan fingerprint density at radius 2 is 2.06 bits per heavy atom. The third kappa shape index (κ3) is 6.30. The highest BCUT2D eigenvalue weighted by molar-refractivity contribution is 8.01. The lowest BCUT2D eigenvalue weighted by atomic mass is 10.1. The zero-order valence-corrected chi connectivity index (χ0v) is 11.6. The Bertz CT molecular complexity index is 412. The van der Waals surface area contributed by atoms with Gasteiger partial charge in [0, 0.05) is 12.1 Å². The van der Waals surface area contributed by atoms with Crippen LogP contribution in [0.3, 0.4) is 0 Å². The monoisotopic (exact) mass is 261 g/mol. The molecule has 0 aromatic heterocycles. The maximum Gasteiger partial charge on any atom is 0.244 e. The molecule has 2 nitrogen and oxygen atoms in total. The topological polar surface area (TPSA) is 29.1 Å². The Kier molecular flexibility index (Phi) is 6.96. The standard InChI is InChI=1S/C15H19NOS/c1-13(12-14-8-4-3-5-9-14)16-15(17)10-6-7-11-18-2/h3-11,13H,12H2,1-2H3,(H,16,17)/b10-6+,11-7-. The lowest BCUT2D eigenvalue weighted by Gasteiger charge is -2.12. The lowest BCUT2D eigenvalue weighted by molar-refractivity contribution is -0.117. The van der Waals surface area contributed by atoms with Crippen LogP contribution in [-0.2, 0) is 11.2 Å². The Hall–Kier alpha value is -1.48. The van der Waals surface area contributed by atoms with Gasteiger partial charge in [-0.2, -0.15) is 0 Å². The Balaban J connectivity index is 2.36. The molecule has 0 spiro atoms. The van der Waals surface area contributed by atoms with Crippen LogP contribution in [0.4, 0.5) is 0 Å². The smallest absolute Gasteiger partial charge is 0.244 e. The molecule has 0 fully saturated rings. The summed E-state index contributed by atoms with van der Waals surface area (Å²) in [6.45, 7) is 2.01. The van der Waals surface area contributed by atoms with Gasteiger partial charge in [-0.3, -0.25) is 4.79 Å². The average Bonchev–Trinajstić information content (AvgIpc) is 2.35. The van der Waals surface area contributed by atoms with Gasteiger partial charge in [0.15, 0.2) is 0 Å². The summed E-state index contributed by atoms with van der Waals surface area (Å²) in [5.41, 5.74) is 1.23. The Labute approximate surface area is 113 Å². The van der Waals surface area contributed by atoms with Crippen molar-refractivity contribution in [3.8, 4) is 0 Å². The van der Waals surface area contributed by atoms with Gasteiger partial charge in [-0.05, 0) is 30.6 Å². The van der Waals surface area contributed by atoms with Gasteiger partial charge >= 0.3 is 0 Å². The highest BCUT2D eigenvalue weighted by atomic mass is 32.2. The zero-order chi connectivity index (χ0) is 13.2. The van der Waals surface area contributed by atoms with E-state index in [1.165, 1.54) is 5.56 Å². The average molecular weight is 261 g/mol. The normalized spacial score (nSPS) is 13.0. The maximum atomic E-state index is 11.6. The number of carbonyl (C=O) groups excluding carboxylic acids is 1. The molecule has 1 unspecified atom stereocenters. The van der Waals surface area contributed by atoms with Crippen LogP contribution in [-0.4, -0.2) is 18.2 Å². The molecule has 0 bridgehead atoms. The van der Waals surface area contributed by atoms with Crippen LogP contribution in [0, 0.1) is 0 Å². The van der Waals surface area contributed by atoms with Crippen molar-refractivity contribution in [3.05, 3.63) is 59.5 Å². The van der Waals surface area contributed by atoms with Crippen molar-refractivity contribution in [2.24, 2.45) is 0 Å². The second kappa shape index (κ2) is 8.59. The fourth-order valence-electron chi connectivity index (χ4n) is 1.58. The first kappa shape index (κ1) is 14.6. The van der Waals surface area contributed by atoms with Gasteiger partial charge in [-0.1, -0.05) is 42.5 Å². The number of allylic oxidation sites excluding steroid dienone is 2. The van der Waals surface area contributed by atoms with Crippen molar-refractivity contribution in [3.63, 3.8) is 0 Å². The van der Waals surface area contributed by atoms with Crippen molar-refractivity contribution in [2.75, 3.05) is 6.26 Å². The summed E-state index contributed by atoms with van der Waals surface area (Å²) >= 11 is 1.61. The fourth-order valence-corrected chi connectivity index (χ4v) is 1.82. The minimum atomic E-state index is -0.0517. The number of carbonyl (C=O) groups is 1. The van der Waals surface area contributed by atoms with Gasteiger partial charge < -0.3 is 5.32 Å². The van der Waals surface area contributed by atoms with E-state index in [0.29, 0.717) is 0 Å². The van der Waals surface area contributed by atoms with E-state index in [2.05, 4.69) is 17.4 Å². The molecule has 0 aliphatic heterocycles. The number of rotatable bonds is 6. The van der Waals surface area contributed by atoms with E-state index >= 15 is 0 Å². The molecule has 3 heteroatoms. The summed E-state index contributed by atoms with van der Waals surface area (Å²) in [6, 6.07) is 10.3. The molecule has 0 heterocycles. The van der Waals surface area contributed by atoms with Gasteiger partial charge in [0.05, 0.1) is 0 Å². The van der Waals surface area contributed by atoms with Crippen molar-refractivity contribution >= 4 is 17.7 Å². The van der Waals surface area contributed by atoms with Gasteiger partial charge in [-0.15, -0.1) is 11.8 Å². The molecule has 1 rings (SSSR count). The summed E-state index contributed by atoms with van der Waals surface area (Å²) in [6.07, 6.45) is 7.98. The van der Waals surface area contributed by atoms with E-state index < -0.39 is 0 Å². The molecular formula is C15H19NOS. The zero-order valence-electron chi connectivity index (χ0n) is 10.8. The second-order valence-corrected chi connectivity index (χ2v) is 4.77. The van der Waals surface area contributed by atoms with Gasteiger partial charge in [0.1, 0.15) is 0 Å². The lowest BCUT2D eigenvalue weighted by Crippen LogP contribution is -2.32. The molecule has 18 heavy (non-hydrogen) atoms. The summed E-state index contributed by atoms with van der Waals surface area (Å²) in [5, 5.41) is 4.87. The molecule has 1 aromatic carbocycles. The number of amides is 1. The molecule has 0 saturated carbocycles. The number of hydrogen-bond acceptors (Lipinski definition) is 2. The van der Waals surface area contributed by atoms with Crippen LogP contribution < -0.4 is 5.32 Å². The summed E-state index contributed by atoms with van der Waals surface area (Å²) in [5.74, 6) is -0.0517. The Morgan fingerprint density at radius 3 is 2.72 bits per heavy atom. The van der Waals surface area contributed by atoms with E-state index in [-0.39, 0.29) is 11.9 Å². The van der Waals surface area contributed by atoms with Gasteiger partial charge in [0.25, 0.3) is 0 Å². The third-order valence-electron chi connectivity index (χ3n) is 2.35. The van der Waals surface area contributed by atoms with Gasteiger partial charge in [-0.25, -0.2) is 0 Å². The first-order valence-electron chi connectivity index (χ1n) is 5.93. The van der Waals surface area contributed by atoms with Crippen LogP contribution in [0.25, 0.3) is 0 Å². The predicted octanol–water partition coefficient (Wildman–Crippen LogP) is 3.17. The van der Waals surface area contributed by atoms with Crippen molar-refractivity contribution < 1.29 is 4.79 Å². The van der Waals surface area contributed by atoms with E-state index in [1.807, 2.05) is 42.9 Å². The van der Waals surface area contributed by atoms with Crippen LogP contribution in [0.2, 0.25) is 0 Å². The molecule has 1 atom stereocenters. The van der Waals surface area contributed by atoms with E-state index in [9.17, 15) is 4.79 Å². The SMILES string of the molecule is CS/C=C\C=C\C(=O)NC(C)Cc1ccccc1. The highest BCUT2D eigenvalue weighted by Crippen LogP contribution is 2.02. The summed E-state index contributed by atoms with van der Waals surface area (Å²) in [4.78, 5) is 11.6. The number of thioether (sulfide) groups is 1. The van der Waals surface area contributed by atoms with Gasteiger partial charge in [0.2, 0.25) is 5.91 Å². The third-order valence-corrected chi connectivity index (χ3v) is 2.78. The first-order chi connectivity index (χ1) is 8.72. The minimum absolute atomic E-state index is 0.0517. The van der Waals surface area contributed by atoms with Crippen LogP contribution >= 0.6 is 11.8 Å². The largest absolute Gasteiger partial charge is 0.350 e. The quantitative estimate of drug-likeness (QED) is 0.629. The van der Waals surface area contributed by atoms with Crippen molar-refractivity contribution in [2.45, 2.75) is 19.4 Å². The number of nitrogens with one attached hydrogen (secondary N) is 1. The molecule has 0 saturated heterocycles. The van der Waals surface area contributed by atoms with Crippen LogP contribution in [0.15, 0.2) is 54.0 Å². The van der Waals surface area contributed by atoms with Crippen molar-refractivity contribution in [1.82, 2.24) is 5.32 Å². The molecule has 96 valence electrons. The first-order valence-corrected chi connectivity index (χ1v) is 7.21. The molecule has 0 aliphatic rings. The number of benzene rings is 1. The maximum absolute atomic E-state index is 11.6. The molecule has 0 radical (unpaired) electrons. The second-order valence-electron chi connectivity index (χ2n) is 4.02. The molecular weight excluding hydrogens is 242 g/mol. The van der Waals surface area contributed by atoms with Crippen LogP contribution in [0.5, 0.6) is 0 Å². The highest BCUT2D eigenvalue weighted by Gasteiger charge is 2.04. The fraction of sp³-hybridized carbons (Fsp3) is 0.267. The summed E-state index contributed by atoms with van der Waals surface area (Å²) in [7, 11) is 0. The Morgan fingerprint density at radius 1 is 1.33 bits per heavy atom. The van der Waals surface area contributed by atoms with E-state index in [4.69, 9.17) is 0 Å². The van der Waals surface area contributed by atoms with Crippen molar-refractivity contribution in [1.29, 1.82) is 0 Å². The number of hydrogen-bond donors (Lipinski definition) is 1. The van der Waals surface area contributed by atoms with E-state index in [0.717, 1.165) is 6.42 Å². The predicted molar refractivity (Wildman–Crippen MR) is 79.5 cm³/mol. The van der Waals surface area contributed by atoms with Crippen LogP contribution in [0.1, 0.15) is 12.5 Å². The minimum Gasteiger partial charge on any atom is -0.350 e. The van der Waals surface area contributed by atoms with E-state index in [1.54, 1.807) is 23.9 Å².